The van der Waals surface area contributed by atoms with Gasteiger partial charge in [0, 0.05) is 29.7 Å². The van der Waals surface area contributed by atoms with Crippen molar-refractivity contribution >= 4 is 34.3 Å². The van der Waals surface area contributed by atoms with E-state index < -0.39 is 5.76 Å². The van der Waals surface area contributed by atoms with Crippen LogP contribution in [0.5, 0.6) is 0 Å². The molecule has 3 aromatic rings. The minimum atomic E-state index is -0.545. The van der Waals surface area contributed by atoms with Crippen LogP contribution in [0.25, 0.3) is 11.1 Å². The third kappa shape index (κ3) is 3.43. The van der Waals surface area contributed by atoms with Crippen LogP contribution < -0.4 is 11.1 Å². The zero-order valence-corrected chi connectivity index (χ0v) is 12.6. The van der Waals surface area contributed by atoms with Crippen LogP contribution in [0.4, 0.5) is 10.1 Å². The lowest BCUT2D eigenvalue weighted by Crippen LogP contribution is -2.19. The fraction of sp³-hybridized carbons (Fsp3) is 0.125. The molecule has 0 aliphatic heterocycles. The van der Waals surface area contributed by atoms with Crippen molar-refractivity contribution in [3.05, 3.63) is 63.9 Å². The summed E-state index contributed by atoms with van der Waals surface area (Å²) in [5, 5.41) is 3.10. The van der Waals surface area contributed by atoms with E-state index in [4.69, 9.17) is 16.0 Å². The van der Waals surface area contributed by atoms with Crippen molar-refractivity contribution in [1.82, 2.24) is 4.57 Å². The van der Waals surface area contributed by atoms with Gasteiger partial charge in [0.15, 0.2) is 5.58 Å². The summed E-state index contributed by atoms with van der Waals surface area (Å²) in [6.45, 7) is 0.167. The van der Waals surface area contributed by atoms with Crippen LogP contribution in [0.1, 0.15) is 6.42 Å². The molecule has 0 saturated carbocycles. The SMILES string of the molecule is O=C(CCn1c(=O)oc2cc(Cl)ccc21)Nc1ccc(F)cc1. The molecule has 0 bridgehead atoms. The number of fused-ring (bicyclic) bond motifs is 1. The van der Waals surface area contributed by atoms with Gasteiger partial charge in [-0.25, -0.2) is 9.18 Å². The zero-order chi connectivity index (χ0) is 16.4. The fourth-order valence-electron chi connectivity index (χ4n) is 2.22. The Kier molecular flexibility index (Phi) is 4.16. The van der Waals surface area contributed by atoms with Crippen molar-refractivity contribution in [3.63, 3.8) is 0 Å². The molecule has 1 heterocycles. The lowest BCUT2D eigenvalue weighted by atomic mass is 10.3. The van der Waals surface area contributed by atoms with E-state index in [1.807, 2.05) is 0 Å². The highest BCUT2D eigenvalue weighted by Crippen LogP contribution is 2.18. The molecule has 5 nitrogen and oxygen atoms in total. The Morgan fingerprint density at radius 1 is 1.22 bits per heavy atom. The third-order valence-electron chi connectivity index (χ3n) is 3.32. The summed E-state index contributed by atoms with van der Waals surface area (Å²) in [5.41, 5.74) is 1.45. The molecule has 0 aliphatic rings. The van der Waals surface area contributed by atoms with Gasteiger partial charge in [-0.3, -0.25) is 9.36 Å². The number of hydrogen-bond acceptors (Lipinski definition) is 3. The van der Waals surface area contributed by atoms with Gasteiger partial charge in [0.25, 0.3) is 0 Å². The summed E-state index contributed by atoms with van der Waals surface area (Å²) in [6.07, 6.45) is 0.0779. The summed E-state index contributed by atoms with van der Waals surface area (Å²) < 4.78 is 19.3. The number of nitrogens with one attached hydrogen (secondary N) is 1. The van der Waals surface area contributed by atoms with Crippen molar-refractivity contribution in [2.24, 2.45) is 0 Å². The maximum absolute atomic E-state index is 12.8. The van der Waals surface area contributed by atoms with Crippen LogP contribution >= 0.6 is 11.6 Å². The first-order valence-corrected chi connectivity index (χ1v) is 7.25. The number of oxazole rings is 1. The maximum Gasteiger partial charge on any atom is 0.419 e. The quantitative estimate of drug-likeness (QED) is 0.795. The molecule has 23 heavy (non-hydrogen) atoms. The monoisotopic (exact) mass is 334 g/mol. The minimum absolute atomic E-state index is 0.0779. The van der Waals surface area contributed by atoms with Crippen LogP contribution in [-0.4, -0.2) is 10.5 Å². The normalized spacial score (nSPS) is 10.9. The number of rotatable bonds is 4. The molecule has 1 aromatic heterocycles. The van der Waals surface area contributed by atoms with Crippen LogP contribution in [0, 0.1) is 5.82 Å². The second-order valence-electron chi connectivity index (χ2n) is 4.94. The first-order valence-electron chi connectivity index (χ1n) is 6.87. The van der Waals surface area contributed by atoms with Crippen molar-refractivity contribution in [1.29, 1.82) is 0 Å². The molecule has 1 amide bonds. The highest BCUT2D eigenvalue weighted by atomic mass is 35.5. The molecule has 0 saturated heterocycles. The largest absolute Gasteiger partial charge is 0.419 e. The number of halogens is 2. The Hall–Kier alpha value is -2.60. The fourth-order valence-corrected chi connectivity index (χ4v) is 2.38. The number of aryl methyl sites for hydroxylation is 1. The summed E-state index contributed by atoms with van der Waals surface area (Å²) in [6, 6.07) is 10.3. The van der Waals surface area contributed by atoms with Crippen LogP contribution in [0.2, 0.25) is 5.02 Å². The van der Waals surface area contributed by atoms with Crippen molar-refractivity contribution in [2.45, 2.75) is 13.0 Å². The van der Waals surface area contributed by atoms with Gasteiger partial charge in [-0.1, -0.05) is 11.6 Å². The molecule has 0 atom stereocenters. The van der Waals surface area contributed by atoms with Gasteiger partial charge in [0.1, 0.15) is 5.82 Å². The molecule has 0 unspecified atom stereocenters. The summed E-state index contributed by atoms with van der Waals surface area (Å²) in [5.74, 6) is -1.21. The molecular formula is C16H12ClFN2O3. The highest BCUT2D eigenvalue weighted by molar-refractivity contribution is 6.31. The van der Waals surface area contributed by atoms with Crippen molar-refractivity contribution in [3.8, 4) is 0 Å². The molecular weight excluding hydrogens is 323 g/mol. The van der Waals surface area contributed by atoms with E-state index in [2.05, 4.69) is 5.32 Å². The molecule has 7 heteroatoms. The Labute approximate surface area is 135 Å². The molecule has 0 radical (unpaired) electrons. The third-order valence-corrected chi connectivity index (χ3v) is 3.56. The Bertz CT molecular complexity index is 915. The Balaban J connectivity index is 1.70. The highest BCUT2D eigenvalue weighted by Gasteiger charge is 2.11. The summed E-state index contributed by atoms with van der Waals surface area (Å²) in [4.78, 5) is 23.8. The second-order valence-corrected chi connectivity index (χ2v) is 5.37. The molecule has 3 rings (SSSR count). The van der Waals surface area contributed by atoms with Gasteiger partial charge >= 0.3 is 5.76 Å². The maximum atomic E-state index is 12.8. The van der Waals surface area contributed by atoms with Crippen LogP contribution in [0.15, 0.2) is 51.7 Å². The lowest BCUT2D eigenvalue weighted by molar-refractivity contribution is -0.116. The number of anilines is 1. The molecule has 118 valence electrons. The number of carbonyl (C=O) groups excluding carboxylic acids is 1. The van der Waals surface area contributed by atoms with E-state index in [0.717, 1.165) is 0 Å². The summed E-state index contributed by atoms with van der Waals surface area (Å²) in [7, 11) is 0. The van der Waals surface area contributed by atoms with Gasteiger partial charge in [-0.2, -0.15) is 0 Å². The molecule has 2 aromatic carbocycles. The topological polar surface area (TPSA) is 64.2 Å². The van der Waals surface area contributed by atoms with Crippen molar-refractivity contribution < 1.29 is 13.6 Å². The van der Waals surface area contributed by atoms with Crippen molar-refractivity contribution in [2.75, 3.05) is 5.32 Å². The lowest BCUT2D eigenvalue weighted by Gasteiger charge is -2.05. The van der Waals surface area contributed by atoms with Gasteiger partial charge in [0.2, 0.25) is 5.91 Å². The van der Waals surface area contributed by atoms with Gasteiger partial charge in [-0.05, 0) is 36.4 Å². The smallest absolute Gasteiger partial charge is 0.408 e. The predicted molar refractivity (Wildman–Crippen MR) is 85.1 cm³/mol. The van der Waals surface area contributed by atoms with E-state index in [9.17, 15) is 14.0 Å². The number of benzene rings is 2. The second kappa shape index (κ2) is 6.26. The Morgan fingerprint density at radius 3 is 2.70 bits per heavy atom. The van der Waals surface area contributed by atoms with Gasteiger partial charge < -0.3 is 9.73 Å². The summed E-state index contributed by atoms with van der Waals surface area (Å²) >= 11 is 5.85. The first-order chi connectivity index (χ1) is 11.0. The Morgan fingerprint density at radius 2 is 1.96 bits per heavy atom. The van der Waals surface area contributed by atoms with E-state index in [1.165, 1.54) is 28.8 Å². The number of hydrogen-bond donors (Lipinski definition) is 1. The van der Waals surface area contributed by atoms with E-state index in [-0.39, 0.29) is 24.7 Å². The van der Waals surface area contributed by atoms with Crippen LogP contribution in [-0.2, 0) is 11.3 Å². The minimum Gasteiger partial charge on any atom is -0.408 e. The number of aromatic nitrogens is 1. The van der Waals surface area contributed by atoms with E-state index in [0.29, 0.717) is 21.8 Å². The predicted octanol–water partition coefficient (Wildman–Crippen LogP) is 3.42. The van der Waals surface area contributed by atoms with Gasteiger partial charge in [0.05, 0.1) is 5.52 Å². The van der Waals surface area contributed by atoms with E-state index in [1.54, 1.807) is 18.2 Å². The van der Waals surface area contributed by atoms with Crippen LogP contribution in [0.3, 0.4) is 0 Å². The van der Waals surface area contributed by atoms with E-state index >= 15 is 0 Å². The van der Waals surface area contributed by atoms with Gasteiger partial charge in [-0.15, -0.1) is 0 Å². The standard InChI is InChI=1S/C16H12ClFN2O3/c17-10-1-6-13-14(9-10)23-16(22)20(13)8-7-15(21)19-12-4-2-11(18)3-5-12/h1-6,9H,7-8H2,(H,19,21). The molecule has 0 aliphatic carbocycles. The number of carbonyl (C=O) groups is 1. The molecule has 1 N–H and O–H groups in total. The number of nitrogens with zero attached hydrogens (tertiary/aromatic N) is 1. The number of amides is 1. The average molecular weight is 335 g/mol. The zero-order valence-electron chi connectivity index (χ0n) is 11.9. The molecule has 0 fully saturated rings. The first kappa shape index (κ1) is 15.3. The molecule has 0 spiro atoms. The average Bonchev–Trinajstić information content (AvgIpc) is 2.82.